The fraction of sp³-hybridized carbons (Fsp3) is 0.429. The number of benzene rings is 1. The highest BCUT2D eigenvalue weighted by Crippen LogP contribution is 2.33. The Labute approximate surface area is 205 Å². The van der Waals surface area contributed by atoms with E-state index in [1.54, 1.807) is 13.0 Å². The number of nitrogens with one attached hydrogen (secondary N) is 1. The van der Waals surface area contributed by atoms with Crippen LogP contribution in [0.15, 0.2) is 24.3 Å². The molecule has 1 aliphatic heterocycles. The zero-order valence-electron chi connectivity index (χ0n) is 17.7. The molecule has 3 rings (SSSR count). The Morgan fingerprint density at radius 3 is 2.67 bits per heavy atom. The number of aromatic nitrogens is 1. The molecular weight excluding hydrogens is 500 g/mol. The summed E-state index contributed by atoms with van der Waals surface area (Å²) in [6.07, 6.45) is -0.967. The minimum Gasteiger partial charge on any atom is -0.475 e. The molecule has 1 amide bonds. The van der Waals surface area contributed by atoms with Gasteiger partial charge in [-0.3, -0.25) is 5.32 Å². The molecule has 0 atom stereocenters. The zero-order chi connectivity index (χ0) is 24.0. The van der Waals surface area contributed by atoms with Gasteiger partial charge in [-0.15, -0.1) is 0 Å². The molecular formula is C21H23Cl3FN3O5. The van der Waals surface area contributed by atoms with E-state index in [4.69, 9.17) is 54.1 Å². The summed E-state index contributed by atoms with van der Waals surface area (Å²) >= 11 is 16.7. The number of carbonyl (C=O) groups excluding carboxylic acids is 1. The van der Waals surface area contributed by atoms with Gasteiger partial charge in [-0.25, -0.2) is 9.18 Å². The van der Waals surface area contributed by atoms with Crippen LogP contribution < -0.4 is 15.0 Å². The molecule has 1 saturated heterocycles. The lowest BCUT2D eigenvalue weighted by molar-refractivity contribution is 0.122. The van der Waals surface area contributed by atoms with Crippen LogP contribution in [0.1, 0.15) is 5.56 Å². The molecule has 180 valence electrons. The largest absolute Gasteiger partial charge is 0.475 e. The summed E-state index contributed by atoms with van der Waals surface area (Å²) < 4.78 is 28.5. The Bertz CT molecular complexity index is 984. The molecule has 1 aromatic carbocycles. The molecule has 8 nitrogen and oxygen atoms in total. The van der Waals surface area contributed by atoms with Gasteiger partial charge in [0, 0.05) is 19.2 Å². The number of aliphatic hydroxyl groups excluding tert-OH is 1. The second kappa shape index (κ2) is 11.4. The summed E-state index contributed by atoms with van der Waals surface area (Å²) in [5.74, 6) is 0.314. The number of morpholine rings is 1. The van der Waals surface area contributed by atoms with Crippen molar-refractivity contribution < 1.29 is 28.5 Å². The number of nitrogens with zero attached hydrogens (tertiary/aromatic N) is 2. The van der Waals surface area contributed by atoms with E-state index in [9.17, 15) is 9.18 Å². The van der Waals surface area contributed by atoms with Crippen LogP contribution in [0.3, 0.4) is 0 Å². The average molecular weight is 523 g/mol. The van der Waals surface area contributed by atoms with Gasteiger partial charge in [0.15, 0.2) is 0 Å². The summed E-state index contributed by atoms with van der Waals surface area (Å²) in [6, 6.07) is 6.31. The average Bonchev–Trinajstić information content (AvgIpc) is 2.78. The standard InChI is InChI=1S/C21H23Cl3FN3O5/c1-13-8-16(25)17(26-20(30)33-12-21(22,23)24)11-15(13)14-9-18(28-2-5-31-6-3-28)27-19(10-14)32-7-4-29/h8-11,29H,2-7,12H2,1H3,(H,26,30). The van der Waals surface area contributed by atoms with Gasteiger partial charge in [-0.05, 0) is 41.8 Å². The molecule has 2 N–H and O–H groups in total. The van der Waals surface area contributed by atoms with Gasteiger partial charge in [-0.1, -0.05) is 34.8 Å². The van der Waals surface area contributed by atoms with E-state index in [1.807, 2.05) is 11.0 Å². The molecule has 0 aliphatic carbocycles. The number of alkyl halides is 3. The molecule has 2 aromatic rings. The fourth-order valence-electron chi connectivity index (χ4n) is 3.20. The number of anilines is 2. The minimum absolute atomic E-state index is 0.0727. The van der Waals surface area contributed by atoms with Crippen molar-refractivity contribution in [2.75, 3.05) is 56.3 Å². The first kappa shape index (κ1) is 25.6. The van der Waals surface area contributed by atoms with Gasteiger partial charge < -0.3 is 24.2 Å². The molecule has 0 saturated carbocycles. The van der Waals surface area contributed by atoms with Crippen LogP contribution in [0.4, 0.5) is 20.7 Å². The van der Waals surface area contributed by atoms with Gasteiger partial charge in [-0.2, -0.15) is 4.98 Å². The van der Waals surface area contributed by atoms with Gasteiger partial charge >= 0.3 is 6.09 Å². The van der Waals surface area contributed by atoms with E-state index in [-0.39, 0.29) is 18.9 Å². The first-order valence-corrected chi connectivity index (χ1v) is 11.2. The smallest absolute Gasteiger partial charge is 0.411 e. The predicted molar refractivity (Wildman–Crippen MR) is 125 cm³/mol. The summed E-state index contributed by atoms with van der Waals surface area (Å²) in [4.78, 5) is 18.6. The van der Waals surface area contributed by atoms with Crippen LogP contribution in [-0.2, 0) is 9.47 Å². The van der Waals surface area contributed by atoms with Crippen LogP contribution >= 0.6 is 34.8 Å². The fourth-order valence-corrected chi connectivity index (χ4v) is 3.36. The summed E-state index contributed by atoms with van der Waals surface area (Å²) in [5.41, 5.74) is 1.85. The molecule has 0 unspecified atom stereocenters. The molecule has 33 heavy (non-hydrogen) atoms. The van der Waals surface area contributed by atoms with Gasteiger partial charge in [0.05, 0.1) is 25.5 Å². The Morgan fingerprint density at radius 1 is 1.27 bits per heavy atom. The van der Waals surface area contributed by atoms with E-state index in [0.717, 1.165) is 0 Å². The third-order valence-electron chi connectivity index (χ3n) is 4.69. The highest BCUT2D eigenvalue weighted by Gasteiger charge is 2.23. The first-order valence-electron chi connectivity index (χ1n) is 10.1. The molecule has 1 aromatic heterocycles. The Kier molecular flexibility index (Phi) is 8.83. The number of hydrogen-bond donors (Lipinski definition) is 2. The normalized spacial score (nSPS) is 14.2. The number of aliphatic hydroxyl groups is 1. The van der Waals surface area contributed by atoms with Crippen molar-refractivity contribution >= 4 is 52.4 Å². The van der Waals surface area contributed by atoms with Crippen LogP contribution in [0.25, 0.3) is 11.1 Å². The lowest BCUT2D eigenvalue weighted by Gasteiger charge is -2.28. The van der Waals surface area contributed by atoms with Crippen LogP contribution in [-0.4, -0.2) is 66.1 Å². The van der Waals surface area contributed by atoms with E-state index < -0.39 is 22.3 Å². The minimum atomic E-state index is -1.79. The molecule has 0 spiro atoms. The Morgan fingerprint density at radius 2 is 2.00 bits per heavy atom. The molecule has 2 heterocycles. The van der Waals surface area contributed by atoms with Gasteiger partial charge in [0.25, 0.3) is 0 Å². The van der Waals surface area contributed by atoms with Crippen LogP contribution in [0, 0.1) is 12.7 Å². The van der Waals surface area contributed by atoms with E-state index in [0.29, 0.717) is 54.7 Å². The molecule has 12 heteroatoms. The molecule has 0 bridgehead atoms. The maximum absolute atomic E-state index is 14.6. The number of amides is 1. The van der Waals surface area contributed by atoms with E-state index in [1.165, 1.54) is 12.1 Å². The summed E-state index contributed by atoms with van der Waals surface area (Å²) in [5, 5.41) is 11.5. The number of hydrogen-bond acceptors (Lipinski definition) is 7. The third kappa shape index (κ3) is 7.48. The van der Waals surface area contributed by atoms with Crippen molar-refractivity contribution in [1.29, 1.82) is 0 Å². The number of halogens is 4. The van der Waals surface area contributed by atoms with Gasteiger partial charge in [0.2, 0.25) is 9.67 Å². The lowest BCUT2D eigenvalue weighted by Crippen LogP contribution is -2.36. The molecule has 1 fully saturated rings. The first-order chi connectivity index (χ1) is 15.7. The maximum atomic E-state index is 14.6. The Hall–Kier alpha value is -2.04. The van der Waals surface area contributed by atoms with Crippen molar-refractivity contribution in [3.05, 3.63) is 35.6 Å². The number of rotatable bonds is 7. The predicted octanol–water partition coefficient (Wildman–Crippen LogP) is 4.32. The number of carbonyl (C=O) groups is 1. The summed E-state index contributed by atoms with van der Waals surface area (Å²) in [7, 11) is 0. The van der Waals surface area contributed by atoms with Crippen molar-refractivity contribution in [2.45, 2.75) is 10.7 Å². The topological polar surface area (TPSA) is 93.2 Å². The lowest BCUT2D eigenvalue weighted by atomic mass is 10.00. The van der Waals surface area contributed by atoms with Crippen molar-refractivity contribution in [3.63, 3.8) is 0 Å². The van der Waals surface area contributed by atoms with Crippen molar-refractivity contribution in [3.8, 4) is 17.0 Å². The molecule has 1 aliphatic rings. The Balaban J connectivity index is 1.93. The van der Waals surface area contributed by atoms with Crippen molar-refractivity contribution in [2.24, 2.45) is 0 Å². The van der Waals surface area contributed by atoms with Crippen LogP contribution in [0.5, 0.6) is 5.88 Å². The highest BCUT2D eigenvalue weighted by atomic mass is 35.6. The van der Waals surface area contributed by atoms with E-state index >= 15 is 0 Å². The monoisotopic (exact) mass is 521 g/mol. The number of pyridine rings is 1. The number of ether oxygens (including phenoxy) is 3. The SMILES string of the molecule is Cc1cc(F)c(NC(=O)OCC(Cl)(Cl)Cl)cc1-c1cc(OCCO)nc(N2CCOCC2)c1. The second-order valence-electron chi connectivity index (χ2n) is 7.19. The third-order valence-corrected chi connectivity index (χ3v) is 5.02. The quantitative estimate of drug-likeness (QED) is 0.523. The molecule has 0 radical (unpaired) electrons. The van der Waals surface area contributed by atoms with Crippen molar-refractivity contribution in [1.82, 2.24) is 4.98 Å². The highest BCUT2D eigenvalue weighted by molar-refractivity contribution is 6.67. The van der Waals surface area contributed by atoms with E-state index in [2.05, 4.69) is 10.3 Å². The summed E-state index contributed by atoms with van der Waals surface area (Å²) in [6.45, 7) is 3.59. The van der Waals surface area contributed by atoms with Gasteiger partial charge in [0.1, 0.15) is 24.8 Å². The maximum Gasteiger partial charge on any atom is 0.411 e. The second-order valence-corrected chi connectivity index (χ2v) is 9.70. The number of aryl methyl sites for hydroxylation is 1. The zero-order valence-corrected chi connectivity index (χ0v) is 20.0. The van der Waals surface area contributed by atoms with Crippen LogP contribution in [0.2, 0.25) is 0 Å².